The number of aliphatic carboxylic acids is 1. The topological polar surface area (TPSA) is 60.9 Å². The van der Waals surface area contributed by atoms with Gasteiger partial charge in [0.15, 0.2) is 5.11 Å². The van der Waals surface area contributed by atoms with E-state index >= 15 is 0 Å². The van der Waals surface area contributed by atoms with Crippen LogP contribution in [0.25, 0.3) is 0 Å². The Bertz CT molecular complexity index is 527. The summed E-state index contributed by atoms with van der Waals surface area (Å²) in [5.41, 5.74) is 0.421. The zero-order valence-electron chi connectivity index (χ0n) is 13.4. The quantitative estimate of drug-likeness (QED) is 0.779. The molecule has 0 radical (unpaired) electrons. The Balaban J connectivity index is 1.40. The van der Waals surface area contributed by atoms with Gasteiger partial charge in [0.1, 0.15) is 13.1 Å². The average Bonchev–Trinajstić information content (AvgIpc) is 2.69. The van der Waals surface area contributed by atoms with Crippen LogP contribution in [0.3, 0.4) is 0 Å². The second kappa shape index (κ2) is 5.43. The molecular weight excluding hydrogens is 312 g/mol. The van der Waals surface area contributed by atoms with E-state index in [1.54, 1.807) is 4.90 Å². The van der Waals surface area contributed by atoms with Crippen molar-refractivity contribution >= 4 is 29.2 Å². The first-order chi connectivity index (χ1) is 10.9. The fraction of sp³-hybridized carbons (Fsp3) is 0.824. The minimum atomic E-state index is -0.942. The molecule has 5 aliphatic rings. The minimum absolute atomic E-state index is 0.0408. The summed E-state index contributed by atoms with van der Waals surface area (Å²) in [6.45, 7) is 0.602. The highest BCUT2D eigenvalue weighted by Gasteiger charge is 2.51. The van der Waals surface area contributed by atoms with Crippen LogP contribution in [0.2, 0.25) is 0 Å². The van der Waals surface area contributed by atoms with E-state index in [9.17, 15) is 9.59 Å². The van der Waals surface area contributed by atoms with E-state index in [4.69, 9.17) is 17.3 Å². The predicted molar refractivity (Wildman–Crippen MR) is 88.7 cm³/mol. The zero-order chi connectivity index (χ0) is 16.2. The summed E-state index contributed by atoms with van der Waals surface area (Å²) in [6.07, 6.45) is 9.28. The van der Waals surface area contributed by atoms with E-state index in [0.29, 0.717) is 17.1 Å². The van der Waals surface area contributed by atoms with Gasteiger partial charge in [-0.2, -0.15) is 0 Å². The molecule has 0 aromatic carbocycles. The molecule has 0 atom stereocenters. The lowest BCUT2D eigenvalue weighted by atomic mass is 9.49. The molecule has 1 amide bonds. The number of amides is 1. The van der Waals surface area contributed by atoms with Gasteiger partial charge in [0, 0.05) is 6.54 Å². The van der Waals surface area contributed by atoms with Crippen LogP contribution in [0.15, 0.2) is 0 Å². The van der Waals surface area contributed by atoms with Crippen molar-refractivity contribution in [2.45, 2.75) is 44.9 Å². The summed E-state index contributed by atoms with van der Waals surface area (Å²) in [4.78, 5) is 26.2. The summed E-state index contributed by atoms with van der Waals surface area (Å²) in [6, 6.07) is 0. The summed E-state index contributed by atoms with van der Waals surface area (Å²) in [5, 5.41) is 9.32. The number of hydrogen-bond acceptors (Lipinski definition) is 3. The van der Waals surface area contributed by atoms with Gasteiger partial charge in [-0.15, -0.1) is 0 Å². The van der Waals surface area contributed by atoms with Gasteiger partial charge in [0.05, 0.1) is 0 Å². The van der Waals surface area contributed by atoms with Gasteiger partial charge >= 0.3 is 5.97 Å². The second-order valence-electron chi connectivity index (χ2n) is 8.25. The van der Waals surface area contributed by atoms with Crippen molar-refractivity contribution in [2.24, 2.45) is 23.2 Å². The maximum atomic E-state index is 12.2. The number of carboxylic acids is 1. The number of rotatable bonds is 5. The number of hydrogen-bond donors (Lipinski definition) is 1. The number of carbonyl (C=O) groups excluding carboxylic acids is 1. The number of carboxylic acid groups (broad SMARTS) is 1. The fourth-order valence-electron chi connectivity index (χ4n) is 6.05. The van der Waals surface area contributed by atoms with Gasteiger partial charge in [0.2, 0.25) is 5.91 Å². The summed E-state index contributed by atoms with van der Waals surface area (Å²) in [7, 11) is 0. The van der Waals surface area contributed by atoms with Crippen LogP contribution >= 0.6 is 12.2 Å². The molecule has 5 rings (SSSR count). The zero-order valence-corrected chi connectivity index (χ0v) is 14.2. The lowest BCUT2D eigenvalue weighted by Crippen LogP contribution is -2.47. The molecule has 23 heavy (non-hydrogen) atoms. The predicted octanol–water partition coefficient (Wildman–Crippen LogP) is 2.11. The summed E-state index contributed by atoms with van der Waals surface area (Å²) >= 11 is 5.33. The monoisotopic (exact) mass is 336 g/mol. The van der Waals surface area contributed by atoms with Gasteiger partial charge in [-0.1, -0.05) is 0 Å². The standard InChI is InChI=1S/C17H24N2O3S/c20-14-9-18(10-15(21)22)16(23)19(14)2-1-17-6-11-3-12(7-17)5-13(4-11)8-17/h11-13H,1-10H2,(H,21,22). The van der Waals surface area contributed by atoms with Crippen LogP contribution in [0.1, 0.15) is 44.9 Å². The highest BCUT2D eigenvalue weighted by molar-refractivity contribution is 7.80. The Morgan fingerprint density at radius 3 is 2.26 bits per heavy atom. The van der Waals surface area contributed by atoms with Gasteiger partial charge < -0.3 is 10.0 Å². The maximum Gasteiger partial charge on any atom is 0.323 e. The molecule has 0 spiro atoms. The lowest BCUT2D eigenvalue weighted by Gasteiger charge is -2.57. The normalized spacial score (nSPS) is 38.7. The highest BCUT2D eigenvalue weighted by Crippen LogP contribution is 2.61. The smallest absolute Gasteiger partial charge is 0.323 e. The molecule has 1 N–H and O–H groups in total. The molecule has 0 aromatic rings. The first kappa shape index (κ1) is 15.4. The Labute approximate surface area is 142 Å². The van der Waals surface area contributed by atoms with Crippen LogP contribution in [-0.2, 0) is 9.59 Å². The Hall–Kier alpha value is -1.17. The molecule has 0 aromatic heterocycles. The lowest BCUT2D eigenvalue weighted by molar-refractivity contribution is -0.137. The maximum absolute atomic E-state index is 12.2. The molecule has 1 aliphatic heterocycles. The summed E-state index contributed by atoms with van der Waals surface area (Å²) < 4.78 is 0. The number of thiocarbonyl (C=S) groups is 1. The third kappa shape index (κ3) is 2.75. The Morgan fingerprint density at radius 2 is 1.74 bits per heavy atom. The van der Waals surface area contributed by atoms with Crippen LogP contribution in [0.4, 0.5) is 0 Å². The van der Waals surface area contributed by atoms with E-state index in [0.717, 1.165) is 24.2 Å². The Kier molecular flexibility index (Phi) is 3.63. The first-order valence-corrected chi connectivity index (χ1v) is 9.16. The molecule has 1 saturated heterocycles. The number of carbonyl (C=O) groups is 2. The van der Waals surface area contributed by atoms with Crippen molar-refractivity contribution in [3.8, 4) is 0 Å². The third-order valence-electron chi connectivity index (χ3n) is 6.49. The highest BCUT2D eigenvalue weighted by atomic mass is 32.1. The van der Waals surface area contributed by atoms with E-state index < -0.39 is 5.97 Å². The molecule has 4 aliphatic carbocycles. The van der Waals surface area contributed by atoms with Crippen LogP contribution < -0.4 is 0 Å². The Morgan fingerprint density at radius 1 is 1.17 bits per heavy atom. The van der Waals surface area contributed by atoms with Gasteiger partial charge in [0.25, 0.3) is 0 Å². The van der Waals surface area contributed by atoms with Crippen molar-refractivity contribution < 1.29 is 14.7 Å². The summed E-state index contributed by atoms with van der Waals surface area (Å²) in [5.74, 6) is 1.74. The average molecular weight is 336 g/mol. The number of nitrogens with zero attached hydrogens (tertiary/aromatic N) is 2. The third-order valence-corrected chi connectivity index (χ3v) is 6.96. The molecule has 5 fully saturated rings. The first-order valence-electron chi connectivity index (χ1n) is 8.75. The molecule has 126 valence electrons. The van der Waals surface area contributed by atoms with Crippen molar-refractivity contribution in [1.29, 1.82) is 0 Å². The van der Waals surface area contributed by atoms with Crippen molar-refractivity contribution in [3.63, 3.8) is 0 Å². The fourth-order valence-corrected chi connectivity index (χ4v) is 6.37. The van der Waals surface area contributed by atoms with Crippen molar-refractivity contribution in [2.75, 3.05) is 19.6 Å². The van der Waals surface area contributed by atoms with Crippen molar-refractivity contribution in [3.05, 3.63) is 0 Å². The molecule has 4 saturated carbocycles. The van der Waals surface area contributed by atoms with Gasteiger partial charge in [-0.25, -0.2) is 0 Å². The van der Waals surface area contributed by atoms with Crippen LogP contribution in [0, 0.1) is 23.2 Å². The molecule has 4 bridgehead atoms. The molecular formula is C17H24N2O3S. The molecule has 6 heteroatoms. The minimum Gasteiger partial charge on any atom is -0.480 e. The molecule has 0 unspecified atom stereocenters. The van der Waals surface area contributed by atoms with E-state index in [1.165, 1.54) is 43.4 Å². The molecule has 1 heterocycles. The largest absolute Gasteiger partial charge is 0.480 e. The van der Waals surface area contributed by atoms with Gasteiger partial charge in [-0.3, -0.25) is 14.5 Å². The second-order valence-corrected chi connectivity index (χ2v) is 8.61. The van der Waals surface area contributed by atoms with Crippen LogP contribution in [0.5, 0.6) is 0 Å². The van der Waals surface area contributed by atoms with E-state index in [2.05, 4.69) is 0 Å². The van der Waals surface area contributed by atoms with Crippen molar-refractivity contribution in [1.82, 2.24) is 9.80 Å². The SMILES string of the molecule is O=C(O)CN1CC(=O)N(CCC23CC4CC(CC(C4)C2)C3)C1=S. The van der Waals surface area contributed by atoms with Crippen LogP contribution in [-0.4, -0.2) is 51.5 Å². The van der Waals surface area contributed by atoms with E-state index in [-0.39, 0.29) is 19.0 Å². The van der Waals surface area contributed by atoms with E-state index in [1.807, 2.05) is 0 Å². The molecule has 5 nitrogen and oxygen atoms in total. The van der Waals surface area contributed by atoms with Gasteiger partial charge in [-0.05, 0) is 80.3 Å².